The van der Waals surface area contributed by atoms with Crippen LogP contribution in [0.3, 0.4) is 0 Å². The first kappa shape index (κ1) is 19.1. The first-order valence-corrected chi connectivity index (χ1v) is 7.86. The number of benzene rings is 2. The van der Waals surface area contributed by atoms with Crippen LogP contribution in [-0.4, -0.2) is 38.3 Å². The lowest BCUT2D eigenvalue weighted by molar-refractivity contribution is -0.136. The molecule has 2 aromatic carbocycles. The van der Waals surface area contributed by atoms with E-state index >= 15 is 0 Å². The molecule has 0 aliphatic carbocycles. The summed E-state index contributed by atoms with van der Waals surface area (Å²) in [5.41, 5.74) is 1.97. The van der Waals surface area contributed by atoms with Gasteiger partial charge in [-0.05, 0) is 35.4 Å². The van der Waals surface area contributed by atoms with Crippen LogP contribution in [0.25, 0.3) is 0 Å². The Morgan fingerprint density at radius 1 is 0.885 bits per heavy atom. The fraction of sp³-hybridized carbons (Fsp3) is 0.263. The Balaban J connectivity index is 2.08. The van der Waals surface area contributed by atoms with Gasteiger partial charge in [-0.2, -0.15) is 0 Å². The minimum Gasteiger partial charge on any atom is -0.493 e. The average molecular weight is 359 g/mol. The molecule has 7 heteroatoms. The molecule has 138 valence electrons. The first-order chi connectivity index (χ1) is 12.5. The number of rotatable bonds is 8. The van der Waals surface area contributed by atoms with Gasteiger partial charge in [0.15, 0.2) is 11.5 Å². The minimum atomic E-state index is -0.899. The molecule has 0 radical (unpaired) electrons. The summed E-state index contributed by atoms with van der Waals surface area (Å²) >= 11 is 0. The zero-order chi connectivity index (χ0) is 19.1. The Morgan fingerprint density at radius 3 is 1.92 bits per heavy atom. The standard InChI is InChI=1S/C19H21NO6/c1-24-15-8-13(9-16(25-2)19(15)26-3)10-17(21)20-14-6-4-12(5-7-14)11-18(22)23/h4-9H,10-11H2,1-3H3,(H,20,21)(H,22,23). The minimum absolute atomic E-state index is 0.0559. The number of carbonyl (C=O) groups is 2. The summed E-state index contributed by atoms with van der Waals surface area (Å²) in [7, 11) is 4.54. The summed E-state index contributed by atoms with van der Waals surface area (Å²) in [5, 5.41) is 11.5. The van der Waals surface area contributed by atoms with Crippen molar-refractivity contribution in [1.29, 1.82) is 0 Å². The highest BCUT2D eigenvalue weighted by molar-refractivity contribution is 5.92. The molecule has 0 saturated heterocycles. The zero-order valence-corrected chi connectivity index (χ0v) is 14.9. The molecule has 1 amide bonds. The fourth-order valence-electron chi connectivity index (χ4n) is 2.51. The quantitative estimate of drug-likeness (QED) is 0.752. The van der Waals surface area contributed by atoms with Gasteiger partial charge in [0.1, 0.15) is 0 Å². The highest BCUT2D eigenvalue weighted by Gasteiger charge is 2.15. The van der Waals surface area contributed by atoms with Crippen molar-refractivity contribution < 1.29 is 28.9 Å². The van der Waals surface area contributed by atoms with Crippen molar-refractivity contribution >= 4 is 17.6 Å². The summed E-state index contributed by atoms with van der Waals surface area (Å²) in [6.07, 6.45) is 0.0628. The molecule has 0 aliphatic rings. The summed E-state index contributed by atoms with van der Waals surface area (Å²) in [6.45, 7) is 0. The van der Waals surface area contributed by atoms with Crippen molar-refractivity contribution in [2.45, 2.75) is 12.8 Å². The number of aliphatic carboxylic acids is 1. The van der Waals surface area contributed by atoms with E-state index in [9.17, 15) is 9.59 Å². The van der Waals surface area contributed by atoms with E-state index in [4.69, 9.17) is 19.3 Å². The van der Waals surface area contributed by atoms with Crippen LogP contribution in [0, 0.1) is 0 Å². The van der Waals surface area contributed by atoms with Gasteiger partial charge in [0.05, 0.1) is 34.2 Å². The van der Waals surface area contributed by atoms with Crippen LogP contribution in [0.15, 0.2) is 36.4 Å². The molecule has 0 aromatic heterocycles. The number of carboxylic acids is 1. The topological polar surface area (TPSA) is 94.1 Å². The van der Waals surface area contributed by atoms with Gasteiger partial charge in [-0.3, -0.25) is 9.59 Å². The smallest absolute Gasteiger partial charge is 0.307 e. The third-order valence-electron chi connectivity index (χ3n) is 3.68. The SMILES string of the molecule is COc1cc(CC(=O)Nc2ccc(CC(=O)O)cc2)cc(OC)c1OC. The molecule has 0 saturated carbocycles. The Labute approximate surface area is 151 Å². The summed E-state index contributed by atoms with van der Waals surface area (Å²) in [6, 6.07) is 10.1. The molecule has 0 atom stereocenters. The molecule has 0 bridgehead atoms. The number of nitrogens with one attached hydrogen (secondary N) is 1. The van der Waals surface area contributed by atoms with E-state index < -0.39 is 5.97 Å². The predicted molar refractivity (Wildman–Crippen MR) is 96.2 cm³/mol. The molecule has 26 heavy (non-hydrogen) atoms. The van der Waals surface area contributed by atoms with Crippen molar-refractivity contribution in [3.8, 4) is 17.2 Å². The molecule has 0 fully saturated rings. The summed E-state index contributed by atoms with van der Waals surface area (Å²) in [4.78, 5) is 23.0. The van der Waals surface area contributed by atoms with Crippen LogP contribution < -0.4 is 19.5 Å². The van der Waals surface area contributed by atoms with Crippen LogP contribution in [0.1, 0.15) is 11.1 Å². The van der Waals surface area contributed by atoms with Crippen LogP contribution in [0.4, 0.5) is 5.69 Å². The van der Waals surface area contributed by atoms with Gasteiger partial charge in [0.25, 0.3) is 0 Å². The van der Waals surface area contributed by atoms with Crippen LogP contribution in [-0.2, 0) is 22.4 Å². The maximum Gasteiger partial charge on any atom is 0.307 e. The van der Waals surface area contributed by atoms with E-state index in [-0.39, 0.29) is 18.7 Å². The Hall–Kier alpha value is -3.22. The number of carboxylic acid groups (broad SMARTS) is 1. The molecular weight excluding hydrogens is 338 g/mol. The molecule has 2 rings (SSSR count). The van der Waals surface area contributed by atoms with Crippen LogP contribution in [0.5, 0.6) is 17.2 Å². The Bertz CT molecular complexity index is 760. The van der Waals surface area contributed by atoms with E-state index in [0.29, 0.717) is 34.1 Å². The average Bonchev–Trinajstić information content (AvgIpc) is 2.61. The monoisotopic (exact) mass is 359 g/mol. The largest absolute Gasteiger partial charge is 0.493 e. The Kier molecular flexibility index (Phi) is 6.43. The van der Waals surface area contributed by atoms with Crippen molar-refractivity contribution in [2.24, 2.45) is 0 Å². The normalized spacial score (nSPS) is 10.1. The van der Waals surface area contributed by atoms with Gasteiger partial charge < -0.3 is 24.6 Å². The van der Waals surface area contributed by atoms with Crippen molar-refractivity contribution in [1.82, 2.24) is 0 Å². The van der Waals surface area contributed by atoms with E-state index in [1.165, 1.54) is 21.3 Å². The Morgan fingerprint density at radius 2 is 1.46 bits per heavy atom. The lowest BCUT2D eigenvalue weighted by Crippen LogP contribution is -2.14. The van der Waals surface area contributed by atoms with Crippen molar-refractivity contribution in [3.63, 3.8) is 0 Å². The summed E-state index contributed by atoms with van der Waals surface area (Å²) in [5.74, 6) is 0.308. The van der Waals surface area contributed by atoms with E-state index in [0.717, 1.165) is 0 Å². The molecule has 0 spiro atoms. The molecular formula is C19H21NO6. The number of carbonyl (C=O) groups excluding carboxylic acids is 1. The number of hydrogen-bond acceptors (Lipinski definition) is 5. The molecule has 2 aromatic rings. The molecule has 2 N–H and O–H groups in total. The second-order valence-corrected chi connectivity index (χ2v) is 5.53. The van der Waals surface area contributed by atoms with Gasteiger partial charge in [0.2, 0.25) is 11.7 Å². The van der Waals surface area contributed by atoms with Crippen molar-refractivity contribution in [2.75, 3.05) is 26.6 Å². The van der Waals surface area contributed by atoms with Gasteiger partial charge in [0, 0.05) is 5.69 Å². The number of amides is 1. The highest BCUT2D eigenvalue weighted by Crippen LogP contribution is 2.38. The molecule has 0 unspecified atom stereocenters. The maximum atomic E-state index is 12.3. The van der Waals surface area contributed by atoms with Crippen molar-refractivity contribution in [3.05, 3.63) is 47.5 Å². The van der Waals surface area contributed by atoms with E-state index in [2.05, 4.69) is 5.32 Å². The third kappa shape index (κ3) is 4.89. The number of hydrogen-bond donors (Lipinski definition) is 2. The fourth-order valence-corrected chi connectivity index (χ4v) is 2.51. The number of anilines is 1. The molecule has 0 heterocycles. The second-order valence-electron chi connectivity index (χ2n) is 5.53. The molecule has 0 aliphatic heterocycles. The van der Waals surface area contributed by atoms with Crippen LogP contribution in [0.2, 0.25) is 0 Å². The summed E-state index contributed by atoms with van der Waals surface area (Å²) < 4.78 is 15.8. The van der Waals surface area contributed by atoms with Crippen LogP contribution >= 0.6 is 0 Å². The first-order valence-electron chi connectivity index (χ1n) is 7.86. The second kappa shape index (κ2) is 8.75. The molecule has 7 nitrogen and oxygen atoms in total. The zero-order valence-electron chi connectivity index (χ0n) is 14.9. The van der Waals surface area contributed by atoms with Gasteiger partial charge in [-0.25, -0.2) is 0 Å². The van der Waals surface area contributed by atoms with Gasteiger partial charge >= 0.3 is 5.97 Å². The number of ether oxygens (including phenoxy) is 3. The van der Waals surface area contributed by atoms with Gasteiger partial charge in [-0.1, -0.05) is 12.1 Å². The van der Waals surface area contributed by atoms with Gasteiger partial charge in [-0.15, -0.1) is 0 Å². The lowest BCUT2D eigenvalue weighted by Gasteiger charge is -2.14. The number of methoxy groups -OCH3 is 3. The lowest BCUT2D eigenvalue weighted by atomic mass is 10.1. The maximum absolute atomic E-state index is 12.3. The highest BCUT2D eigenvalue weighted by atomic mass is 16.5. The van der Waals surface area contributed by atoms with E-state index in [1.54, 1.807) is 36.4 Å². The van der Waals surface area contributed by atoms with E-state index in [1.807, 2.05) is 0 Å². The predicted octanol–water partition coefficient (Wildman–Crippen LogP) is 2.52. The third-order valence-corrected chi connectivity index (χ3v) is 3.68.